The maximum atomic E-state index is 12.7. The molecule has 1 aliphatic heterocycles. The highest BCUT2D eigenvalue weighted by atomic mass is 32.1. The topological polar surface area (TPSA) is 61.8 Å². The second-order valence-electron chi connectivity index (χ2n) is 7.29. The number of nitrogens with one attached hydrogen (secondary N) is 2. The lowest BCUT2D eigenvalue weighted by molar-refractivity contribution is -0.140. The summed E-state index contributed by atoms with van der Waals surface area (Å²) in [5.74, 6) is 0.585. The van der Waals surface area contributed by atoms with Crippen LogP contribution in [0.4, 0.5) is 13.2 Å². The number of rotatable bonds is 5. The average molecular weight is 420 g/mol. The third-order valence-electron chi connectivity index (χ3n) is 5.52. The number of ether oxygens (including phenoxy) is 1. The van der Waals surface area contributed by atoms with Gasteiger partial charge in [-0.15, -0.1) is 11.3 Å². The number of aromatic nitrogens is 1. The molecule has 2 heterocycles. The SMILES string of the molecule is CN=C(NCc1nc(C(F)(F)F)cs1)NCC1(N2CCOCC2)CCCCC1. The van der Waals surface area contributed by atoms with Crippen molar-refractivity contribution in [1.29, 1.82) is 0 Å². The monoisotopic (exact) mass is 419 g/mol. The minimum absolute atomic E-state index is 0.0876. The van der Waals surface area contributed by atoms with E-state index in [4.69, 9.17) is 4.74 Å². The average Bonchev–Trinajstić information content (AvgIpc) is 3.19. The number of alkyl halides is 3. The van der Waals surface area contributed by atoms with Crippen LogP contribution in [0.25, 0.3) is 0 Å². The van der Waals surface area contributed by atoms with Crippen LogP contribution in [-0.4, -0.2) is 61.3 Å². The lowest BCUT2D eigenvalue weighted by atomic mass is 9.80. The fourth-order valence-corrected chi connectivity index (χ4v) is 4.74. The predicted octanol–water partition coefficient (Wildman–Crippen LogP) is 2.86. The number of hydrogen-bond acceptors (Lipinski definition) is 5. The van der Waals surface area contributed by atoms with E-state index in [0.717, 1.165) is 62.4 Å². The predicted molar refractivity (Wildman–Crippen MR) is 104 cm³/mol. The third kappa shape index (κ3) is 5.36. The number of thiazole rings is 1. The number of hydrogen-bond donors (Lipinski definition) is 2. The van der Waals surface area contributed by atoms with E-state index in [1.807, 2.05) is 0 Å². The molecule has 0 amide bonds. The van der Waals surface area contributed by atoms with E-state index < -0.39 is 11.9 Å². The van der Waals surface area contributed by atoms with Gasteiger partial charge in [0.15, 0.2) is 11.7 Å². The molecule has 0 aromatic carbocycles. The molecule has 0 spiro atoms. The molecule has 3 rings (SSSR count). The molecule has 1 aromatic rings. The minimum Gasteiger partial charge on any atom is -0.379 e. The lowest BCUT2D eigenvalue weighted by Crippen LogP contribution is -2.60. The third-order valence-corrected chi connectivity index (χ3v) is 6.37. The number of nitrogens with zero attached hydrogens (tertiary/aromatic N) is 3. The molecule has 2 aliphatic rings. The van der Waals surface area contributed by atoms with E-state index >= 15 is 0 Å². The van der Waals surface area contributed by atoms with Crippen LogP contribution in [-0.2, 0) is 17.5 Å². The Labute approximate surface area is 167 Å². The molecule has 158 valence electrons. The Morgan fingerprint density at radius 2 is 1.96 bits per heavy atom. The highest BCUT2D eigenvalue weighted by Gasteiger charge is 2.38. The quantitative estimate of drug-likeness (QED) is 0.568. The van der Waals surface area contributed by atoms with E-state index in [9.17, 15) is 13.2 Å². The first-order valence-corrected chi connectivity index (χ1v) is 10.6. The molecule has 1 saturated carbocycles. The number of aliphatic imine (C=N–C) groups is 1. The summed E-state index contributed by atoms with van der Waals surface area (Å²) in [6.45, 7) is 4.38. The maximum Gasteiger partial charge on any atom is 0.434 e. The Kier molecular flexibility index (Phi) is 7.16. The lowest BCUT2D eigenvalue weighted by Gasteiger charge is -2.48. The fourth-order valence-electron chi connectivity index (χ4n) is 4.00. The van der Waals surface area contributed by atoms with Crippen molar-refractivity contribution in [3.05, 3.63) is 16.1 Å². The zero-order valence-corrected chi connectivity index (χ0v) is 17.0. The minimum atomic E-state index is -4.40. The Bertz CT molecular complexity index is 652. The molecule has 1 saturated heterocycles. The molecule has 0 bridgehead atoms. The van der Waals surface area contributed by atoms with Gasteiger partial charge in [0.25, 0.3) is 0 Å². The highest BCUT2D eigenvalue weighted by molar-refractivity contribution is 7.09. The van der Waals surface area contributed by atoms with E-state index in [1.165, 1.54) is 19.3 Å². The van der Waals surface area contributed by atoms with Crippen molar-refractivity contribution in [2.75, 3.05) is 39.9 Å². The van der Waals surface area contributed by atoms with Crippen LogP contribution in [0.5, 0.6) is 0 Å². The van der Waals surface area contributed by atoms with Crippen molar-refractivity contribution >= 4 is 17.3 Å². The van der Waals surface area contributed by atoms with Crippen LogP contribution in [0.3, 0.4) is 0 Å². The van der Waals surface area contributed by atoms with Crippen LogP contribution >= 0.6 is 11.3 Å². The molecule has 10 heteroatoms. The van der Waals surface area contributed by atoms with Crippen molar-refractivity contribution in [2.24, 2.45) is 4.99 Å². The summed E-state index contributed by atoms with van der Waals surface area (Å²) in [5.41, 5.74) is -0.754. The van der Waals surface area contributed by atoms with Gasteiger partial charge in [-0.05, 0) is 12.8 Å². The summed E-state index contributed by atoms with van der Waals surface area (Å²) in [7, 11) is 1.67. The standard InChI is InChI=1S/C18H28F3N5OS/c1-22-16(23-11-15-25-14(12-28-15)18(19,20)21)24-13-17(5-3-2-4-6-17)26-7-9-27-10-8-26/h12H,2-11,13H2,1H3,(H2,22,23,24). The molecule has 1 aliphatic carbocycles. The van der Waals surface area contributed by atoms with Crippen LogP contribution in [0.2, 0.25) is 0 Å². The molecule has 2 fully saturated rings. The van der Waals surface area contributed by atoms with Crippen molar-refractivity contribution in [2.45, 2.75) is 50.4 Å². The summed E-state index contributed by atoms with van der Waals surface area (Å²) in [5, 5.41) is 7.91. The van der Waals surface area contributed by atoms with Gasteiger partial charge in [0.1, 0.15) is 5.01 Å². The Balaban J connectivity index is 1.56. The van der Waals surface area contributed by atoms with Gasteiger partial charge in [0.2, 0.25) is 0 Å². The highest BCUT2D eigenvalue weighted by Crippen LogP contribution is 2.34. The van der Waals surface area contributed by atoms with Crippen molar-refractivity contribution < 1.29 is 17.9 Å². The van der Waals surface area contributed by atoms with Gasteiger partial charge < -0.3 is 15.4 Å². The van der Waals surface area contributed by atoms with E-state index in [2.05, 4.69) is 25.5 Å². The molecule has 0 unspecified atom stereocenters. The summed E-state index contributed by atoms with van der Waals surface area (Å²) >= 11 is 0.999. The van der Waals surface area contributed by atoms with Crippen LogP contribution < -0.4 is 10.6 Å². The van der Waals surface area contributed by atoms with E-state index in [-0.39, 0.29) is 12.1 Å². The van der Waals surface area contributed by atoms with Crippen molar-refractivity contribution in [3.63, 3.8) is 0 Å². The first-order chi connectivity index (χ1) is 13.4. The summed E-state index contributed by atoms with van der Waals surface area (Å²) in [4.78, 5) is 10.4. The van der Waals surface area contributed by atoms with Gasteiger partial charge in [-0.1, -0.05) is 19.3 Å². The first kappa shape index (κ1) is 21.3. The van der Waals surface area contributed by atoms with Crippen LogP contribution in [0.15, 0.2) is 10.4 Å². The molecule has 28 heavy (non-hydrogen) atoms. The Morgan fingerprint density at radius 1 is 1.25 bits per heavy atom. The number of morpholine rings is 1. The largest absolute Gasteiger partial charge is 0.434 e. The van der Waals surface area contributed by atoms with Crippen molar-refractivity contribution in [1.82, 2.24) is 20.5 Å². The number of halogens is 3. The molecule has 6 nitrogen and oxygen atoms in total. The normalized spacial score (nSPS) is 21.5. The zero-order valence-electron chi connectivity index (χ0n) is 16.1. The smallest absolute Gasteiger partial charge is 0.379 e. The molecular formula is C18H28F3N5OS. The van der Waals surface area contributed by atoms with Crippen LogP contribution in [0, 0.1) is 0 Å². The summed E-state index contributed by atoms with van der Waals surface area (Å²) in [6, 6.07) is 0. The summed E-state index contributed by atoms with van der Waals surface area (Å²) < 4.78 is 43.6. The molecule has 0 atom stereocenters. The second-order valence-corrected chi connectivity index (χ2v) is 8.23. The zero-order chi connectivity index (χ0) is 20.0. The van der Waals surface area contributed by atoms with Gasteiger partial charge in [-0.25, -0.2) is 4.98 Å². The van der Waals surface area contributed by atoms with Crippen molar-refractivity contribution in [3.8, 4) is 0 Å². The molecular weight excluding hydrogens is 391 g/mol. The molecule has 0 radical (unpaired) electrons. The van der Waals surface area contributed by atoms with E-state index in [0.29, 0.717) is 11.0 Å². The van der Waals surface area contributed by atoms with Gasteiger partial charge in [0.05, 0.1) is 19.8 Å². The van der Waals surface area contributed by atoms with Crippen LogP contribution in [0.1, 0.15) is 42.8 Å². The number of guanidine groups is 1. The summed E-state index contributed by atoms with van der Waals surface area (Å²) in [6.07, 6.45) is 1.57. The van der Waals surface area contributed by atoms with Gasteiger partial charge in [-0.3, -0.25) is 9.89 Å². The Hall–Kier alpha value is -1.39. The van der Waals surface area contributed by atoms with E-state index in [1.54, 1.807) is 7.05 Å². The second kappa shape index (κ2) is 9.41. The van der Waals surface area contributed by atoms with Gasteiger partial charge in [0, 0.05) is 37.6 Å². The maximum absolute atomic E-state index is 12.7. The molecule has 1 aromatic heterocycles. The Morgan fingerprint density at radius 3 is 2.57 bits per heavy atom. The van der Waals surface area contributed by atoms with Gasteiger partial charge in [-0.2, -0.15) is 13.2 Å². The van der Waals surface area contributed by atoms with Gasteiger partial charge >= 0.3 is 6.18 Å². The molecule has 2 N–H and O–H groups in total. The first-order valence-electron chi connectivity index (χ1n) is 9.72. The fraction of sp³-hybridized carbons (Fsp3) is 0.778.